The van der Waals surface area contributed by atoms with Gasteiger partial charge >= 0.3 is 0 Å². The van der Waals surface area contributed by atoms with E-state index in [1.165, 1.54) is 0 Å². The number of rotatable bonds is 4. The van der Waals surface area contributed by atoms with E-state index in [2.05, 4.69) is 26.3 Å². The number of nitrogens with one attached hydrogen (secondary N) is 1. The molecule has 1 aromatic heterocycles. The van der Waals surface area contributed by atoms with E-state index >= 15 is 0 Å². The lowest BCUT2D eigenvalue weighted by atomic mass is 10.2. The smallest absolute Gasteiger partial charge is 0.289 e. The van der Waals surface area contributed by atoms with Crippen molar-refractivity contribution in [1.82, 2.24) is 9.78 Å². The topological polar surface area (TPSA) is 43.0 Å². The fraction of sp³-hybridized carbons (Fsp3) is 0.0667. The number of hydrogen-bond acceptors (Lipinski definition) is 4. The molecule has 112 valence electrons. The maximum atomic E-state index is 5.86. The van der Waals surface area contributed by atoms with E-state index in [-0.39, 0.29) is 0 Å². The Hall–Kier alpha value is -1.63. The van der Waals surface area contributed by atoms with E-state index in [0.717, 1.165) is 15.7 Å². The van der Waals surface area contributed by atoms with E-state index in [1.54, 1.807) is 4.68 Å². The Labute approximate surface area is 145 Å². The average molecular weight is 397 g/mol. The predicted molar refractivity (Wildman–Crippen MR) is 93.5 cm³/mol. The van der Waals surface area contributed by atoms with Crippen molar-refractivity contribution in [3.05, 3.63) is 62.9 Å². The Bertz CT molecular complexity index is 844. The normalized spacial score (nSPS) is 10.6. The van der Waals surface area contributed by atoms with Gasteiger partial charge in [-0.1, -0.05) is 23.7 Å². The molecular formula is C15H11BrClN3OS. The molecule has 0 saturated heterocycles. The lowest BCUT2D eigenvalue weighted by Gasteiger charge is -2.05. The van der Waals surface area contributed by atoms with E-state index in [9.17, 15) is 0 Å². The second-order valence-corrected chi connectivity index (χ2v) is 6.13. The molecule has 0 aliphatic rings. The van der Waals surface area contributed by atoms with Crippen LogP contribution in [0.2, 0.25) is 5.02 Å². The highest BCUT2D eigenvalue weighted by molar-refractivity contribution is 9.10. The fourth-order valence-corrected chi connectivity index (χ4v) is 2.65. The van der Waals surface area contributed by atoms with Crippen LogP contribution in [-0.2, 0) is 6.67 Å². The van der Waals surface area contributed by atoms with E-state index in [0.29, 0.717) is 22.4 Å². The third kappa shape index (κ3) is 3.40. The van der Waals surface area contributed by atoms with Gasteiger partial charge in [0.1, 0.15) is 6.67 Å². The van der Waals surface area contributed by atoms with Crippen molar-refractivity contribution in [3.63, 3.8) is 0 Å². The zero-order chi connectivity index (χ0) is 15.5. The summed E-state index contributed by atoms with van der Waals surface area (Å²) in [6, 6.07) is 15.1. The molecule has 4 nitrogen and oxygen atoms in total. The van der Waals surface area contributed by atoms with Crippen molar-refractivity contribution in [2.45, 2.75) is 6.67 Å². The molecule has 2 aromatic carbocycles. The van der Waals surface area contributed by atoms with Crippen LogP contribution in [-0.4, -0.2) is 9.78 Å². The molecule has 0 amide bonds. The Morgan fingerprint density at radius 3 is 2.64 bits per heavy atom. The van der Waals surface area contributed by atoms with Gasteiger partial charge in [0.05, 0.1) is 5.56 Å². The standard InChI is InChI=1S/C15H11BrClN3OS/c16-13-4-2-1-3-12(13)14-19-20(15(22)21-14)9-18-11-7-5-10(17)6-8-11/h1-8,18H,9H2. The van der Waals surface area contributed by atoms with Crippen molar-refractivity contribution in [3.8, 4) is 11.5 Å². The van der Waals surface area contributed by atoms with Crippen LogP contribution in [0.15, 0.2) is 57.4 Å². The Kier molecular flexibility index (Phi) is 4.61. The molecule has 0 atom stereocenters. The second kappa shape index (κ2) is 6.64. The van der Waals surface area contributed by atoms with Gasteiger partial charge in [-0.3, -0.25) is 0 Å². The largest absolute Gasteiger partial charge is 0.409 e. The fourth-order valence-electron chi connectivity index (χ4n) is 1.88. The van der Waals surface area contributed by atoms with Crippen molar-refractivity contribution in [2.24, 2.45) is 0 Å². The van der Waals surface area contributed by atoms with Crippen molar-refractivity contribution in [1.29, 1.82) is 0 Å². The van der Waals surface area contributed by atoms with Crippen LogP contribution in [0.5, 0.6) is 0 Å². The van der Waals surface area contributed by atoms with Crippen molar-refractivity contribution >= 4 is 45.4 Å². The van der Waals surface area contributed by atoms with Gasteiger partial charge in [-0.2, -0.15) is 0 Å². The quantitative estimate of drug-likeness (QED) is 0.603. The third-order valence-electron chi connectivity index (χ3n) is 2.99. The summed E-state index contributed by atoms with van der Waals surface area (Å²) in [5, 5.41) is 8.31. The van der Waals surface area contributed by atoms with Crippen molar-refractivity contribution < 1.29 is 4.42 Å². The van der Waals surface area contributed by atoms with Crippen LogP contribution in [0.3, 0.4) is 0 Å². The zero-order valence-electron chi connectivity index (χ0n) is 11.3. The SMILES string of the molecule is S=c1oc(-c2ccccc2Br)nn1CNc1ccc(Cl)cc1. The summed E-state index contributed by atoms with van der Waals surface area (Å²) < 4.78 is 8.07. The van der Waals surface area contributed by atoms with E-state index < -0.39 is 0 Å². The molecule has 7 heteroatoms. The Morgan fingerprint density at radius 1 is 1.18 bits per heavy atom. The van der Waals surface area contributed by atoms with Crippen molar-refractivity contribution in [2.75, 3.05) is 5.32 Å². The molecular weight excluding hydrogens is 386 g/mol. The minimum Gasteiger partial charge on any atom is -0.409 e. The lowest BCUT2D eigenvalue weighted by molar-refractivity contribution is 0.522. The minimum atomic E-state index is 0.312. The average Bonchev–Trinajstić information content (AvgIpc) is 2.88. The molecule has 0 saturated carbocycles. The van der Waals surface area contributed by atoms with Gasteiger partial charge in [0, 0.05) is 15.2 Å². The Balaban J connectivity index is 1.80. The maximum Gasteiger partial charge on any atom is 0.289 e. The van der Waals surface area contributed by atoms with Gasteiger partial charge in [-0.15, -0.1) is 5.10 Å². The molecule has 0 unspecified atom stereocenters. The maximum absolute atomic E-state index is 5.86. The zero-order valence-corrected chi connectivity index (χ0v) is 14.5. The number of anilines is 1. The molecule has 0 aliphatic carbocycles. The molecule has 0 aliphatic heterocycles. The number of aromatic nitrogens is 2. The second-order valence-electron chi connectivity index (χ2n) is 4.49. The molecule has 0 spiro atoms. The molecule has 0 radical (unpaired) electrons. The first-order valence-electron chi connectivity index (χ1n) is 6.46. The molecule has 3 aromatic rings. The summed E-state index contributed by atoms with van der Waals surface area (Å²) in [5.74, 6) is 0.482. The van der Waals surface area contributed by atoms with Gasteiger partial charge < -0.3 is 9.73 Å². The van der Waals surface area contributed by atoms with Crippen LogP contribution >= 0.6 is 39.7 Å². The number of benzene rings is 2. The number of hydrogen-bond donors (Lipinski definition) is 1. The summed E-state index contributed by atoms with van der Waals surface area (Å²) in [6.45, 7) is 0.411. The number of halogens is 2. The Morgan fingerprint density at radius 2 is 1.91 bits per heavy atom. The van der Waals surface area contributed by atoms with Crippen LogP contribution < -0.4 is 5.32 Å². The third-order valence-corrected chi connectivity index (χ3v) is 4.23. The van der Waals surface area contributed by atoms with Crippen LogP contribution in [0.1, 0.15) is 0 Å². The van der Waals surface area contributed by atoms with Gasteiger partial charge in [-0.05, 0) is 64.5 Å². The first-order valence-corrected chi connectivity index (χ1v) is 8.04. The molecule has 22 heavy (non-hydrogen) atoms. The van der Waals surface area contributed by atoms with Crippen LogP contribution in [0.25, 0.3) is 11.5 Å². The predicted octanol–water partition coefficient (Wildman–Crippen LogP) is 5.36. The van der Waals surface area contributed by atoms with Crippen LogP contribution in [0.4, 0.5) is 5.69 Å². The molecule has 0 fully saturated rings. The molecule has 0 bridgehead atoms. The summed E-state index contributed by atoms with van der Waals surface area (Å²) in [5.41, 5.74) is 1.79. The minimum absolute atomic E-state index is 0.312. The van der Waals surface area contributed by atoms with E-state index in [1.807, 2.05) is 48.5 Å². The highest BCUT2D eigenvalue weighted by Crippen LogP contribution is 2.26. The molecule has 1 N–H and O–H groups in total. The van der Waals surface area contributed by atoms with Gasteiger partial charge in [0.15, 0.2) is 0 Å². The van der Waals surface area contributed by atoms with Gasteiger partial charge in [0.2, 0.25) is 5.89 Å². The first kappa shape index (κ1) is 15.3. The summed E-state index contributed by atoms with van der Waals surface area (Å²) in [6.07, 6.45) is 0. The number of nitrogens with zero attached hydrogens (tertiary/aromatic N) is 2. The van der Waals surface area contributed by atoms with E-state index in [4.69, 9.17) is 28.2 Å². The summed E-state index contributed by atoms with van der Waals surface area (Å²) in [7, 11) is 0. The molecule has 3 rings (SSSR count). The first-order chi connectivity index (χ1) is 10.6. The monoisotopic (exact) mass is 395 g/mol. The highest BCUT2D eigenvalue weighted by atomic mass is 79.9. The lowest BCUT2D eigenvalue weighted by Crippen LogP contribution is -2.09. The highest BCUT2D eigenvalue weighted by Gasteiger charge is 2.10. The van der Waals surface area contributed by atoms with Crippen LogP contribution in [0, 0.1) is 4.84 Å². The summed E-state index contributed by atoms with van der Waals surface area (Å²) >= 11 is 14.5. The van der Waals surface area contributed by atoms with Gasteiger partial charge in [-0.25, -0.2) is 4.68 Å². The molecule has 1 heterocycles. The summed E-state index contributed by atoms with van der Waals surface area (Å²) in [4.78, 5) is 0.312. The van der Waals surface area contributed by atoms with Gasteiger partial charge in [0.25, 0.3) is 4.84 Å².